The zero-order valence-corrected chi connectivity index (χ0v) is 7.58. The molecule has 0 radical (unpaired) electrons. The van der Waals surface area contributed by atoms with E-state index in [1.165, 1.54) is 0 Å². The third-order valence-electron chi connectivity index (χ3n) is 1.40. The number of nitrogens with zero attached hydrogens (tertiary/aromatic N) is 1. The molecular weight excluding hydrogens is 226 g/mol. The average molecular weight is 230 g/mol. The monoisotopic (exact) mass is 229 g/mol. The van der Waals surface area contributed by atoms with Crippen LogP contribution in [-0.2, 0) is 6.18 Å². The number of ether oxygens (including phenoxy) is 1. The number of hydrogen-bond donors (Lipinski definition) is 0. The maximum absolute atomic E-state index is 12.7. The number of aromatic nitrogens is 1. The van der Waals surface area contributed by atoms with E-state index >= 15 is 0 Å². The van der Waals surface area contributed by atoms with E-state index in [0.717, 1.165) is 7.11 Å². The van der Waals surface area contributed by atoms with Gasteiger partial charge >= 0.3 is 6.18 Å². The van der Waals surface area contributed by atoms with Crippen molar-refractivity contribution in [2.45, 2.75) is 6.18 Å². The van der Waals surface area contributed by atoms with Crippen LogP contribution in [0.15, 0.2) is 6.07 Å². The summed E-state index contributed by atoms with van der Waals surface area (Å²) in [6, 6.07) is 0.433. The summed E-state index contributed by atoms with van der Waals surface area (Å²) >= 11 is 5.35. The summed E-state index contributed by atoms with van der Waals surface area (Å²) in [7, 11) is 1.13. The van der Waals surface area contributed by atoms with E-state index < -0.39 is 17.7 Å². The molecule has 0 N–H and O–H groups in total. The second kappa shape index (κ2) is 3.61. The lowest BCUT2D eigenvalue weighted by molar-refractivity contribution is -0.140. The molecule has 1 rings (SSSR count). The van der Waals surface area contributed by atoms with E-state index in [4.69, 9.17) is 11.6 Å². The molecule has 78 valence electrons. The number of rotatable bonds is 1. The van der Waals surface area contributed by atoms with Gasteiger partial charge in [-0.15, -0.1) is 0 Å². The number of methoxy groups -OCH3 is 1. The standard InChI is InChI=1S/C7H4ClF4NO/c1-14-6-4(8)2-3(5(9)13-6)7(10,11)12/h2H,1H3. The predicted octanol–water partition coefficient (Wildman–Crippen LogP) is 2.90. The molecule has 0 aliphatic carbocycles. The smallest absolute Gasteiger partial charge is 0.420 e. The Balaban J connectivity index is 3.29. The Hall–Kier alpha value is -1.04. The van der Waals surface area contributed by atoms with E-state index in [-0.39, 0.29) is 10.9 Å². The van der Waals surface area contributed by atoms with Gasteiger partial charge in [0.2, 0.25) is 11.8 Å². The highest BCUT2D eigenvalue weighted by molar-refractivity contribution is 6.31. The molecular formula is C7H4ClF4NO. The van der Waals surface area contributed by atoms with Gasteiger partial charge < -0.3 is 4.74 Å². The van der Waals surface area contributed by atoms with Crippen LogP contribution in [0.3, 0.4) is 0 Å². The van der Waals surface area contributed by atoms with Gasteiger partial charge in [0.1, 0.15) is 10.6 Å². The molecule has 2 nitrogen and oxygen atoms in total. The van der Waals surface area contributed by atoms with E-state index in [2.05, 4.69) is 9.72 Å². The molecule has 14 heavy (non-hydrogen) atoms. The zero-order valence-electron chi connectivity index (χ0n) is 6.82. The lowest BCUT2D eigenvalue weighted by Gasteiger charge is -2.09. The second-order valence-electron chi connectivity index (χ2n) is 2.32. The van der Waals surface area contributed by atoms with Gasteiger partial charge in [0.15, 0.2) is 0 Å². The molecule has 0 aliphatic rings. The van der Waals surface area contributed by atoms with Crippen molar-refractivity contribution < 1.29 is 22.3 Å². The first-order chi connectivity index (χ1) is 6.36. The lowest BCUT2D eigenvalue weighted by Crippen LogP contribution is -2.10. The van der Waals surface area contributed by atoms with Gasteiger partial charge in [-0.05, 0) is 6.07 Å². The first kappa shape index (κ1) is 11.0. The summed E-state index contributed by atoms with van der Waals surface area (Å²) in [5.41, 5.74) is -1.51. The van der Waals surface area contributed by atoms with Crippen molar-refractivity contribution >= 4 is 11.6 Å². The van der Waals surface area contributed by atoms with Gasteiger partial charge in [0.05, 0.1) is 7.11 Å². The summed E-state index contributed by atoms with van der Waals surface area (Å²) in [5.74, 6) is -2.03. The Kier molecular flexibility index (Phi) is 2.84. The Morgan fingerprint density at radius 1 is 1.43 bits per heavy atom. The summed E-state index contributed by atoms with van der Waals surface area (Å²) in [4.78, 5) is 2.92. The Morgan fingerprint density at radius 3 is 2.43 bits per heavy atom. The van der Waals surface area contributed by atoms with Crippen LogP contribution in [0.5, 0.6) is 5.88 Å². The second-order valence-corrected chi connectivity index (χ2v) is 2.72. The maximum Gasteiger partial charge on any atom is 0.420 e. The topological polar surface area (TPSA) is 22.1 Å². The summed E-state index contributed by atoms with van der Waals surface area (Å²) in [6.07, 6.45) is -4.81. The van der Waals surface area contributed by atoms with Crippen molar-refractivity contribution in [3.8, 4) is 5.88 Å². The third-order valence-corrected chi connectivity index (χ3v) is 1.67. The molecule has 7 heteroatoms. The van der Waals surface area contributed by atoms with Crippen LogP contribution in [-0.4, -0.2) is 12.1 Å². The molecule has 0 fully saturated rings. The molecule has 0 aromatic carbocycles. The minimum Gasteiger partial charge on any atom is -0.480 e. The quantitative estimate of drug-likeness (QED) is 0.546. The van der Waals surface area contributed by atoms with Gasteiger partial charge in [-0.2, -0.15) is 22.5 Å². The SMILES string of the molecule is COc1nc(F)c(C(F)(F)F)cc1Cl. The maximum atomic E-state index is 12.7. The van der Waals surface area contributed by atoms with Crippen molar-refractivity contribution in [2.24, 2.45) is 0 Å². The fraction of sp³-hybridized carbons (Fsp3) is 0.286. The zero-order chi connectivity index (χ0) is 10.9. The van der Waals surface area contributed by atoms with E-state index in [1.807, 2.05) is 0 Å². The average Bonchev–Trinajstić information content (AvgIpc) is 2.06. The Morgan fingerprint density at radius 2 is 2.00 bits per heavy atom. The predicted molar refractivity (Wildman–Crippen MR) is 40.8 cm³/mol. The van der Waals surface area contributed by atoms with E-state index in [9.17, 15) is 17.6 Å². The fourth-order valence-corrected chi connectivity index (χ4v) is 1.02. The minimum atomic E-state index is -4.81. The Bertz CT molecular complexity index is 352. The fourth-order valence-electron chi connectivity index (χ4n) is 0.793. The Labute approximate surface area is 81.5 Å². The number of pyridine rings is 1. The molecule has 0 aliphatic heterocycles. The van der Waals surface area contributed by atoms with Crippen molar-refractivity contribution in [2.75, 3.05) is 7.11 Å². The molecule has 1 aromatic heterocycles. The molecule has 0 atom stereocenters. The summed E-state index contributed by atoms with van der Waals surface area (Å²) in [5, 5.41) is -0.388. The van der Waals surface area contributed by atoms with Crippen molar-refractivity contribution in [3.63, 3.8) is 0 Å². The van der Waals surface area contributed by atoms with Crippen LogP contribution in [0.4, 0.5) is 17.6 Å². The molecule has 0 amide bonds. The highest BCUT2D eigenvalue weighted by Crippen LogP contribution is 2.34. The number of halogens is 5. The van der Waals surface area contributed by atoms with Gasteiger partial charge in [0, 0.05) is 0 Å². The first-order valence-electron chi connectivity index (χ1n) is 3.33. The van der Waals surface area contributed by atoms with E-state index in [1.54, 1.807) is 0 Å². The number of hydrogen-bond acceptors (Lipinski definition) is 2. The molecule has 0 bridgehead atoms. The van der Waals surface area contributed by atoms with Crippen molar-refractivity contribution in [3.05, 3.63) is 22.6 Å². The van der Waals surface area contributed by atoms with Crippen LogP contribution in [0, 0.1) is 5.95 Å². The van der Waals surface area contributed by atoms with Crippen molar-refractivity contribution in [1.82, 2.24) is 4.98 Å². The minimum absolute atomic E-state index is 0.378. The highest BCUT2D eigenvalue weighted by atomic mass is 35.5. The van der Waals surface area contributed by atoms with Crippen LogP contribution in [0.2, 0.25) is 5.02 Å². The van der Waals surface area contributed by atoms with Crippen LogP contribution < -0.4 is 4.74 Å². The first-order valence-corrected chi connectivity index (χ1v) is 3.71. The molecule has 0 saturated carbocycles. The van der Waals surface area contributed by atoms with Gasteiger partial charge in [-0.25, -0.2) is 0 Å². The molecule has 0 unspecified atom stereocenters. The summed E-state index contributed by atoms with van der Waals surface area (Å²) < 4.78 is 53.4. The van der Waals surface area contributed by atoms with Crippen LogP contribution in [0.1, 0.15) is 5.56 Å². The molecule has 1 aromatic rings. The molecule has 1 heterocycles. The third kappa shape index (κ3) is 2.06. The normalized spacial score (nSPS) is 11.6. The van der Waals surface area contributed by atoms with Crippen LogP contribution in [0.25, 0.3) is 0 Å². The van der Waals surface area contributed by atoms with E-state index in [0.29, 0.717) is 6.07 Å². The van der Waals surface area contributed by atoms with Gasteiger partial charge in [0.25, 0.3) is 0 Å². The number of alkyl halides is 3. The molecule has 0 spiro atoms. The van der Waals surface area contributed by atoms with Crippen LogP contribution >= 0.6 is 11.6 Å². The van der Waals surface area contributed by atoms with Crippen molar-refractivity contribution in [1.29, 1.82) is 0 Å². The summed E-state index contributed by atoms with van der Waals surface area (Å²) in [6.45, 7) is 0. The largest absolute Gasteiger partial charge is 0.480 e. The highest BCUT2D eigenvalue weighted by Gasteiger charge is 2.36. The van der Waals surface area contributed by atoms with Gasteiger partial charge in [-0.3, -0.25) is 0 Å². The van der Waals surface area contributed by atoms with Gasteiger partial charge in [-0.1, -0.05) is 11.6 Å². The molecule has 0 saturated heterocycles. The lowest BCUT2D eigenvalue weighted by atomic mass is 10.2.